The Morgan fingerprint density at radius 2 is 2.09 bits per heavy atom. The molecule has 0 aromatic carbocycles. The summed E-state index contributed by atoms with van der Waals surface area (Å²) in [7, 11) is 0. The Balaban J connectivity index is 1.76. The smallest absolute Gasteiger partial charge is 0.276 e. The highest BCUT2D eigenvalue weighted by molar-refractivity contribution is 5.92. The second-order valence-electron chi connectivity index (χ2n) is 6.09. The quantitative estimate of drug-likeness (QED) is 0.854. The molecule has 0 unspecified atom stereocenters. The van der Waals surface area contributed by atoms with Gasteiger partial charge in [0.15, 0.2) is 17.6 Å². The monoisotopic (exact) mass is 320 g/mol. The lowest BCUT2D eigenvalue weighted by Crippen LogP contribution is -2.46. The Labute approximate surface area is 133 Å². The lowest BCUT2D eigenvalue weighted by Gasteiger charge is -2.34. The molecule has 8 nitrogen and oxygen atoms in total. The molecular formula is C15H20N4O4. The van der Waals surface area contributed by atoms with Gasteiger partial charge in [-0.15, -0.1) is 0 Å². The Morgan fingerprint density at radius 3 is 2.70 bits per heavy atom. The number of rotatable bonds is 3. The van der Waals surface area contributed by atoms with Crippen LogP contribution in [0.4, 0.5) is 0 Å². The minimum absolute atomic E-state index is 0.138. The van der Waals surface area contributed by atoms with E-state index in [1.165, 1.54) is 0 Å². The predicted octanol–water partition coefficient (Wildman–Crippen LogP) is 2.09. The van der Waals surface area contributed by atoms with Crippen LogP contribution in [0.5, 0.6) is 0 Å². The molecule has 2 aromatic heterocycles. The predicted molar refractivity (Wildman–Crippen MR) is 78.8 cm³/mol. The topological polar surface area (TPSA) is 94.5 Å². The van der Waals surface area contributed by atoms with E-state index in [-0.39, 0.29) is 17.9 Å². The van der Waals surface area contributed by atoms with E-state index in [1.807, 2.05) is 20.8 Å². The molecule has 1 aliphatic heterocycles. The number of morpholine rings is 1. The van der Waals surface area contributed by atoms with Crippen molar-refractivity contribution in [3.8, 4) is 0 Å². The summed E-state index contributed by atoms with van der Waals surface area (Å²) in [5, 5.41) is 7.65. The maximum Gasteiger partial charge on any atom is 0.276 e. The van der Waals surface area contributed by atoms with Crippen LogP contribution < -0.4 is 0 Å². The number of carbonyl (C=O) groups excluding carboxylic acids is 1. The highest BCUT2D eigenvalue weighted by Gasteiger charge is 2.34. The fourth-order valence-corrected chi connectivity index (χ4v) is 2.52. The maximum absolute atomic E-state index is 12.6. The van der Waals surface area contributed by atoms with Crippen molar-refractivity contribution in [2.75, 3.05) is 13.1 Å². The van der Waals surface area contributed by atoms with Crippen LogP contribution in [-0.2, 0) is 4.74 Å². The van der Waals surface area contributed by atoms with Crippen LogP contribution in [0.3, 0.4) is 0 Å². The molecule has 1 fully saturated rings. The molecule has 0 aliphatic carbocycles. The summed E-state index contributed by atoms with van der Waals surface area (Å²) in [6.45, 7) is 8.43. The number of hydrogen-bond acceptors (Lipinski definition) is 7. The molecule has 2 atom stereocenters. The van der Waals surface area contributed by atoms with Crippen molar-refractivity contribution in [2.24, 2.45) is 0 Å². The standard InChI is InChI=1S/C15H20N4O4/c1-8(2)12-5-11(18-22-12)15(20)19-6-9(3)21-13(7-19)14-16-10(4)17-23-14/h5,8-9,13H,6-7H2,1-4H3/t9-,13-/m1/s1. The number of amides is 1. The molecule has 3 rings (SSSR count). The van der Waals surface area contributed by atoms with E-state index in [9.17, 15) is 4.79 Å². The molecule has 0 radical (unpaired) electrons. The first kappa shape index (κ1) is 15.7. The molecule has 8 heteroatoms. The number of aromatic nitrogens is 3. The Bertz CT molecular complexity index is 693. The van der Waals surface area contributed by atoms with Crippen LogP contribution in [0, 0.1) is 6.92 Å². The van der Waals surface area contributed by atoms with E-state index in [0.29, 0.717) is 36.3 Å². The molecule has 124 valence electrons. The molecule has 0 spiro atoms. The molecule has 2 aromatic rings. The minimum atomic E-state index is -0.430. The van der Waals surface area contributed by atoms with E-state index < -0.39 is 6.10 Å². The normalized spacial score (nSPS) is 21.9. The van der Waals surface area contributed by atoms with Crippen molar-refractivity contribution in [3.05, 3.63) is 29.2 Å². The van der Waals surface area contributed by atoms with Gasteiger partial charge in [-0.25, -0.2) is 0 Å². The second-order valence-corrected chi connectivity index (χ2v) is 6.09. The van der Waals surface area contributed by atoms with Crippen LogP contribution in [0.1, 0.15) is 60.8 Å². The average molecular weight is 320 g/mol. The lowest BCUT2D eigenvalue weighted by molar-refractivity contribution is -0.0811. The number of aryl methyl sites for hydroxylation is 1. The Hall–Kier alpha value is -2.22. The molecule has 1 amide bonds. The van der Waals surface area contributed by atoms with Crippen LogP contribution in [0.15, 0.2) is 15.1 Å². The van der Waals surface area contributed by atoms with Crippen molar-refractivity contribution in [2.45, 2.75) is 45.8 Å². The van der Waals surface area contributed by atoms with E-state index in [4.69, 9.17) is 13.8 Å². The largest absolute Gasteiger partial charge is 0.362 e. The molecule has 1 saturated heterocycles. The van der Waals surface area contributed by atoms with Gasteiger partial charge in [-0.2, -0.15) is 4.98 Å². The lowest BCUT2D eigenvalue weighted by atomic mass is 10.1. The van der Waals surface area contributed by atoms with Gasteiger partial charge in [0.1, 0.15) is 5.76 Å². The van der Waals surface area contributed by atoms with E-state index >= 15 is 0 Å². The van der Waals surface area contributed by atoms with Crippen molar-refractivity contribution in [3.63, 3.8) is 0 Å². The van der Waals surface area contributed by atoms with Crippen molar-refractivity contribution in [1.82, 2.24) is 20.2 Å². The third-order valence-corrected chi connectivity index (χ3v) is 3.68. The van der Waals surface area contributed by atoms with Gasteiger partial charge in [-0.3, -0.25) is 4.79 Å². The van der Waals surface area contributed by atoms with E-state index in [1.54, 1.807) is 17.9 Å². The summed E-state index contributed by atoms with van der Waals surface area (Å²) >= 11 is 0. The van der Waals surface area contributed by atoms with Gasteiger partial charge in [-0.05, 0) is 13.8 Å². The zero-order valence-electron chi connectivity index (χ0n) is 13.6. The van der Waals surface area contributed by atoms with Gasteiger partial charge < -0.3 is 18.7 Å². The Morgan fingerprint density at radius 1 is 1.30 bits per heavy atom. The minimum Gasteiger partial charge on any atom is -0.362 e. The summed E-state index contributed by atoms with van der Waals surface area (Å²) in [5.74, 6) is 1.62. The zero-order valence-corrected chi connectivity index (χ0v) is 13.6. The van der Waals surface area contributed by atoms with Gasteiger partial charge >= 0.3 is 0 Å². The maximum atomic E-state index is 12.6. The summed E-state index contributed by atoms with van der Waals surface area (Å²) in [5.41, 5.74) is 0.309. The first-order valence-corrected chi connectivity index (χ1v) is 7.65. The van der Waals surface area contributed by atoms with Crippen LogP contribution >= 0.6 is 0 Å². The summed E-state index contributed by atoms with van der Waals surface area (Å²) in [4.78, 5) is 18.5. The summed E-state index contributed by atoms with van der Waals surface area (Å²) in [6.07, 6.45) is -0.568. The molecule has 0 N–H and O–H groups in total. The van der Waals surface area contributed by atoms with E-state index in [0.717, 1.165) is 0 Å². The highest BCUT2D eigenvalue weighted by atomic mass is 16.5. The second kappa shape index (κ2) is 6.11. The zero-order chi connectivity index (χ0) is 16.6. The van der Waals surface area contributed by atoms with Crippen molar-refractivity contribution in [1.29, 1.82) is 0 Å². The van der Waals surface area contributed by atoms with Crippen LogP contribution in [-0.4, -0.2) is 45.3 Å². The number of hydrogen-bond donors (Lipinski definition) is 0. The molecule has 3 heterocycles. The molecule has 0 saturated carbocycles. The first-order chi connectivity index (χ1) is 10.9. The van der Waals surface area contributed by atoms with Crippen molar-refractivity contribution < 1.29 is 18.6 Å². The van der Waals surface area contributed by atoms with E-state index in [2.05, 4.69) is 15.3 Å². The third kappa shape index (κ3) is 3.26. The summed E-state index contributed by atoms with van der Waals surface area (Å²) < 4.78 is 16.2. The van der Waals surface area contributed by atoms with Gasteiger partial charge in [0.2, 0.25) is 0 Å². The fourth-order valence-electron chi connectivity index (χ4n) is 2.52. The third-order valence-electron chi connectivity index (χ3n) is 3.68. The number of ether oxygens (including phenoxy) is 1. The summed E-state index contributed by atoms with van der Waals surface area (Å²) in [6, 6.07) is 1.69. The SMILES string of the molecule is Cc1noc([C@H]2CN(C(=O)c3cc(C(C)C)on3)C[C@@H](C)O2)n1. The molecule has 23 heavy (non-hydrogen) atoms. The number of carbonyl (C=O) groups is 1. The van der Waals surface area contributed by atoms with Crippen molar-refractivity contribution >= 4 is 5.91 Å². The molecule has 1 aliphatic rings. The van der Waals surface area contributed by atoms with Gasteiger partial charge in [0, 0.05) is 18.5 Å². The van der Waals surface area contributed by atoms with Gasteiger partial charge in [0.05, 0.1) is 12.6 Å². The van der Waals surface area contributed by atoms with Crippen LogP contribution in [0.25, 0.3) is 0 Å². The van der Waals surface area contributed by atoms with Gasteiger partial charge in [-0.1, -0.05) is 24.2 Å². The first-order valence-electron chi connectivity index (χ1n) is 7.65. The number of nitrogens with zero attached hydrogens (tertiary/aromatic N) is 4. The average Bonchev–Trinajstić information content (AvgIpc) is 3.14. The highest BCUT2D eigenvalue weighted by Crippen LogP contribution is 2.25. The van der Waals surface area contributed by atoms with Gasteiger partial charge in [0.25, 0.3) is 11.8 Å². The fraction of sp³-hybridized carbons (Fsp3) is 0.600. The van der Waals surface area contributed by atoms with Crippen LogP contribution in [0.2, 0.25) is 0 Å². The Kier molecular flexibility index (Phi) is 4.16. The molecule has 0 bridgehead atoms. The molecular weight excluding hydrogens is 300 g/mol.